The first-order valence-electron chi connectivity index (χ1n) is 9.03. The highest BCUT2D eigenvalue weighted by atomic mass is 16.5. The number of likely N-dealkylation sites (N-methyl/N-ethyl adjacent to an activating group) is 1. The second-order valence-corrected chi connectivity index (χ2v) is 6.73. The largest absolute Gasteiger partial charge is 0.491 e. The van der Waals surface area contributed by atoms with Crippen molar-refractivity contribution in [3.05, 3.63) is 77.1 Å². The molecular formula is C22H25N3O2. The minimum absolute atomic E-state index is 0.0247. The fourth-order valence-electron chi connectivity index (χ4n) is 2.97. The van der Waals surface area contributed by atoms with Gasteiger partial charge in [0, 0.05) is 18.3 Å². The maximum absolute atomic E-state index is 12.6. The Bertz CT molecular complexity index is 929. The third-order valence-corrected chi connectivity index (χ3v) is 4.49. The predicted octanol–water partition coefficient (Wildman–Crippen LogP) is 3.95. The molecule has 0 aliphatic carbocycles. The first-order chi connectivity index (χ1) is 13.0. The monoisotopic (exact) mass is 363 g/mol. The van der Waals surface area contributed by atoms with E-state index in [0.717, 1.165) is 28.4 Å². The Labute approximate surface area is 160 Å². The van der Waals surface area contributed by atoms with Crippen LogP contribution in [-0.4, -0.2) is 40.8 Å². The summed E-state index contributed by atoms with van der Waals surface area (Å²) in [6.07, 6.45) is 0. The number of aryl methyl sites for hydroxylation is 3. The van der Waals surface area contributed by atoms with E-state index in [1.54, 1.807) is 11.9 Å². The molecule has 5 nitrogen and oxygen atoms in total. The van der Waals surface area contributed by atoms with E-state index in [2.05, 4.69) is 5.10 Å². The maximum Gasteiger partial charge on any atom is 0.253 e. The molecule has 3 rings (SSSR count). The van der Waals surface area contributed by atoms with Gasteiger partial charge in [-0.3, -0.25) is 4.79 Å². The van der Waals surface area contributed by atoms with E-state index >= 15 is 0 Å². The Morgan fingerprint density at radius 1 is 1.07 bits per heavy atom. The Balaban J connectivity index is 1.60. The normalized spacial score (nSPS) is 10.7. The van der Waals surface area contributed by atoms with Crippen molar-refractivity contribution in [2.24, 2.45) is 0 Å². The van der Waals surface area contributed by atoms with E-state index in [4.69, 9.17) is 4.74 Å². The number of aromatic nitrogens is 2. The molecule has 2 aromatic carbocycles. The van der Waals surface area contributed by atoms with Crippen LogP contribution < -0.4 is 4.74 Å². The van der Waals surface area contributed by atoms with Gasteiger partial charge < -0.3 is 9.64 Å². The van der Waals surface area contributed by atoms with Gasteiger partial charge in [0.2, 0.25) is 0 Å². The number of carbonyl (C=O) groups excluding carboxylic acids is 1. The number of rotatable bonds is 6. The quantitative estimate of drug-likeness (QED) is 0.666. The molecule has 5 heteroatoms. The van der Waals surface area contributed by atoms with Crippen molar-refractivity contribution in [2.45, 2.75) is 20.8 Å². The number of hydrogen-bond acceptors (Lipinski definition) is 3. The molecule has 0 saturated heterocycles. The van der Waals surface area contributed by atoms with Crippen molar-refractivity contribution < 1.29 is 9.53 Å². The van der Waals surface area contributed by atoms with E-state index in [1.807, 2.05) is 80.1 Å². The summed E-state index contributed by atoms with van der Waals surface area (Å²) < 4.78 is 7.66. The SMILES string of the molecule is Cc1cc(C)n(-c2ccc(C(=O)N(C)CCOc3ccccc3C)cc2)n1. The molecule has 1 aromatic heterocycles. The minimum atomic E-state index is -0.0247. The predicted molar refractivity (Wildman–Crippen MR) is 107 cm³/mol. The first kappa shape index (κ1) is 18.7. The number of carbonyl (C=O) groups is 1. The molecule has 0 saturated carbocycles. The van der Waals surface area contributed by atoms with Crippen LogP contribution in [0.15, 0.2) is 54.6 Å². The van der Waals surface area contributed by atoms with Crippen LogP contribution in [0.25, 0.3) is 5.69 Å². The number of benzene rings is 2. The van der Waals surface area contributed by atoms with E-state index < -0.39 is 0 Å². The molecule has 3 aromatic rings. The fourth-order valence-corrected chi connectivity index (χ4v) is 2.97. The number of nitrogens with zero attached hydrogens (tertiary/aromatic N) is 3. The van der Waals surface area contributed by atoms with Gasteiger partial charge in [-0.15, -0.1) is 0 Å². The smallest absolute Gasteiger partial charge is 0.253 e. The van der Waals surface area contributed by atoms with Gasteiger partial charge in [0.15, 0.2) is 0 Å². The molecule has 0 spiro atoms. The Kier molecular flexibility index (Phi) is 5.60. The van der Waals surface area contributed by atoms with Crippen molar-refractivity contribution in [3.8, 4) is 11.4 Å². The van der Waals surface area contributed by atoms with Gasteiger partial charge in [-0.05, 0) is 62.7 Å². The zero-order chi connectivity index (χ0) is 19.4. The van der Waals surface area contributed by atoms with Crippen LogP contribution in [0, 0.1) is 20.8 Å². The van der Waals surface area contributed by atoms with Crippen molar-refractivity contribution >= 4 is 5.91 Å². The Morgan fingerprint density at radius 3 is 2.41 bits per heavy atom. The minimum Gasteiger partial charge on any atom is -0.491 e. The van der Waals surface area contributed by atoms with E-state index in [0.29, 0.717) is 18.7 Å². The van der Waals surface area contributed by atoms with E-state index in [1.165, 1.54) is 0 Å². The lowest BCUT2D eigenvalue weighted by atomic mass is 10.2. The van der Waals surface area contributed by atoms with Gasteiger partial charge in [-0.2, -0.15) is 5.10 Å². The third kappa shape index (κ3) is 4.37. The second-order valence-electron chi connectivity index (χ2n) is 6.73. The molecule has 0 radical (unpaired) electrons. The summed E-state index contributed by atoms with van der Waals surface area (Å²) in [5.41, 5.74) is 4.73. The molecule has 27 heavy (non-hydrogen) atoms. The lowest BCUT2D eigenvalue weighted by Gasteiger charge is -2.18. The molecule has 0 N–H and O–H groups in total. The Hall–Kier alpha value is -3.08. The third-order valence-electron chi connectivity index (χ3n) is 4.49. The van der Waals surface area contributed by atoms with Crippen molar-refractivity contribution in [2.75, 3.05) is 20.2 Å². The second kappa shape index (κ2) is 8.08. The summed E-state index contributed by atoms with van der Waals surface area (Å²) in [6, 6.07) is 17.4. The summed E-state index contributed by atoms with van der Waals surface area (Å²) in [4.78, 5) is 14.3. The summed E-state index contributed by atoms with van der Waals surface area (Å²) in [5.74, 6) is 0.830. The standard InChI is InChI=1S/C22H25N3O2/c1-16-7-5-6-8-21(16)27-14-13-24(4)22(26)19-9-11-20(12-10-19)25-18(3)15-17(2)23-25/h5-12,15H,13-14H2,1-4H3. The van der Waals surface area contributed by atoms with Gasteiger partial charge in [0.05, 0.1) is 17.9 Å². The van der Waals surface area contributed by atoms with Crippen LogP contribution in [0.5, 0.6) is 5.75 Å². The van der Waals surface area contributed by atoms with E-state index in [9.17, 15) is 4.79 Å². The molecular weight excluding hydrogens is 338 g/mol. The van der Waals surface area contributed by atoms with Crippen molar-refractivity contribution in [1.82, 2.24) is 14.7 Å². The van der Waals surface area contributed by atoms with Crippen molar-refractivity contribution in [1.29, 1.82) is 0 Å². The number of amides is 1. The van der Waals surface area contributed by atoms with Crippen LogP contribution in [-0.2, 0) is 0 Å². The summed E-state index contributed by atoms with van der Waals surface area (Å²) in [5, 5.41) is 4.47. The fraction of sp³-hybridized carbons (Fsp3) is 0.273. The molecule has 0 bridgehead atoms. The van der Waals surface area contributed by atoms with Crippen LogP contribution >= 0.6 is 0 Å². The van der Waals surface area contributed by atoms with E-state index in [-0.39, 0.29) is 5.91 Å². The molecule has 1 heterocycles. The topological polar surface area (TPSA) is 47.4 Å². The zero-order valence-corrected chi connectivity index (χ0v) is 16.3. The maximum atomic E-state index is 12.6. The molecule has 0 fully saturated rings. The highest BCUT2D eigenvalue weighted by Crippen LogP contribution is 2.16. The summed E-state index contributed by atoms with van der Waals surface area (Å²) in [6.45, 7) is 6.97. The van der Waals surface area contributed by atoms with Gasteiger partial charge in [-0.25, -0.2) is 4.68 Å². The first-order valence-corrected chi connectivity index (χ1v) is 9.03. The lowest BCUT2D eigenvalue weighted by molar-refractivity contribution is 0.0773. The average Bonchev–Trinajstić information content (AvgIpc) is 3.01. The zero-order valence-electron chi connectivity index (χ0n) is 16.3. The van der Waals surface area contributed by atoms with Crippen LogP contribution in [0.1, 0.15) is 27.3 Å². The number of hydrogen-bond donors (Lipinski definition) is 0. The van der Waals surface area contributed by atoms with Gasteiger partial charge in [0.1, 0.15) is 12.4 Å². The Morgan fingerprint density at radius 2 is 1.78 bits per heavy atom. The molecule has 0 aliphatic heterocycles. The highest BCUT2D eigenvalue weighted by molar-refractivity contribution is 5.94. The van der Waals surface area contributed by atoms with Gasteiger partial charge in [-0.1, -0.05) is 18.2 Å². The average molecular weight is 363 g/mol. The van der Waals surface area contributed by atoms with Crippen molar-refractivity contribution in [3.63, 3.8) is 0 Å². The molecule has 0 atom stereocenters. The molecule has 1 amide bonds. The lowest BCUT2D eigenvalue weighted by Crippen LogP contribution is -2.30. The van der Waals surface area contributed by atoms with Gasteiger partial charge >= 0.3 is 0 Å². The van der Waals surface area contributed by atoms with Gasteiger partial charge in [0.25, 0.3) is 5.91 Å². The number of para-hydroxylation sites is 1. The van der Waals surface area contributed by atoms with Crippen LogP contribution in [0.2, 0.25) is 0 Å². The van der Waals surface area contributed by atoms with Crippen LogP contribution in [0.3, 0.4) is 0 Å². The van der Waals surface area contributed by atoms with Crippen LogP contribution in [0.4, 0.5) is 0 Å². The summed E-state index contributed by atoms with van der Waals surface area (Å²) in [7, 11) is 1.79. The highest BCUT2D eigenvalue weighted by Gasteiger charge is 2.12. The molecule has 0 unspecified atom stereocenters. The molecule has 140 valence electrons. The molecule has 0 aliphatic rings. The number of ether oxygens (including phenoxy) is 1. The summed E-state index contributed by atoms with van der Waals surface area (Å²) >= 11 is 0.